The largest absolute Gasteiger partial charge is 0.458 e. The van der Waals surface area contributed by atoms with Gasteiger partial charge in [-0.3, -0.25) is 19.2 Å². The molecule has 10 atom stereocenters. The molecule has 12 nitrogen and oxygen atoms in total. The van der Waals surface area contributed by atoms with Crippen LogP contribution >= 0.6 is 0 Å². The van der Waals surface area contributed by atoms with Crippen molar-refractivity contribution in [3.05, 3.63) is 41.0 Å². The Morgan fingerprint density at radius 3 is 2.61 bits per heavy atom. The third-order valence-electron chi connectivity index (χ3n) is 12.6. The van der Waals surface area contributed by atoms with Crippen LogP contribution in [0.25, 0.3) is 6.08 Å². The molecule has 0 spiro atoms. The number of hydrogen-bond acceptors (Lipinski definition) is 10. The second-order valence-corrected chi connectivity index (χ2v) is 16.0. The van der Waals surface area contributed by atoms with Crippen molar-refractivity contribution in [2.75, 3.05) is 26.5 Å². The van der Waals surface area contributed by atoms with Gasteiger partial charge >= 0.3 is 5.97 Å². The predicted octanol–water partition coefficient (Wildman–Crippen LogP) is 2.62. The highest BCUT2D eigenvalue weighted by Crippen LogP contribution is 2.60. The third-order valence-corrected chi connectivity index (χ3v) is 12.6. The summed E-state index contributed by atoms with van der Waals surface area (Å²) >= 11 is 0. The topological polar surface area (TPSA) is 148 Å². The molecule has 7 fully saturated rings. The molecule has 0 radical (unpaired) electrons. The molecule has 4 aliphatic heterocycles. The van der Waals surface area contributed by atoms with Gasteiger partial charge in [0.1, 0.15) is 36.6 Å². The van der Waals surface area contributed by atoms with E-state index in [9.17, 15) is 14.4 Å². The number of aliphatic hydroxyl groups is 1. The van der Waals surface area contributed by atoms with Crippen LogP contribution in [0.1, 0.15) is 76.8 Å². The molecule has 7 aliphatic rings. The van der Waals surface area contributed by atoms with Crippen LogP contribution < -0.4 is 10.6 Å². The average Bonchev–Trinajstić information content (AvgIpc) is 3.37. The number of carbonyl (C=O) groups is 3. The van der Waals surface area contributed by atoms with Crippen LogP contribution in [-0.4, -0.2) is 96.6 Å². The van der Waals surface area contributed by atoms with Crippen LogP contribution in [0, 0.1) is 22.7 Å². The molecule has 1 aromatic rings. The Hall–Kier alpha value is -2.87. The fourth-order valence-electron chi connectivity index (χ4n) is 9.89. The summed E-state index contributed by atoms with van der Waals surface area (Å²) in [5.74, 6) is 0.0948. The first kappa shape index (κ1) is 33.3. The molecule has 4 saturated heterocycles. The van der Waals surface area contributed by atoms with E-state index in [2.05, 4.69) is 61.7 Å². The maximum Gasteiger partial charge on any atom is 0.327 e. The molecule has 1 unspecified atom stereocenters. The summed E-state index contributed by atoms with van der Waals surface area (Å²) in [6, 6.07) is 7.37. The van der Waals surface area contributed by atoms with Crippen LogP contribution in [0.5, 0.6) is 0 Å². The Balaban J connectivity index is 1.00. The van der Waals surface area contributed by atoms with Crippen molar-refractivity contribution >= 4 is 23.9 Å². The molecule has 0 aromatic heterocycles. The second-order valence-electron chi connectivity index (χ2n) is 16.0. The van der Waals surface area contributed by atoms with Crippen molar-refractivity contribution < 1.29 is 43.3 Å². The first-order chi connectivity index (χ1) is 23.5. The number of epoxide rings is 1. The fraction of sp³-hybridized carbons (Fsp3) is 0.703. The van der Waals surface area contributed by atoms with E-state index >= 15 is 0 Å². The number of rotatable bonds is 9. The van der Waals surface area contributed by atoms with Crippen LogP contribution in [0.15, 0.2) is 29.8 Å². The normalized spacial score (nSPS) is 40.8. The second kappa shape index (κ2) is 12.4. The van der Waals surface area contributed by atoms with Gasteiger partial charge in [0.2, 0.25) is 11.8 Å². The zero-order valence-corrected chi connectivity index (χ0v) is 28.7. The minimum atomic E-state index is -1.27. The van der Waals surface area contributed by atoms with Crippen molar-refractivity contribution in [2.24, 2.45) is 22.7 Å². The summed E-state index contributed by atoms with van der Waals surface area (Å²) in [5, 5.41) is 16.0. The number of benzene rings is 1. The number of hydroxylamine groups is 2. The standard InChI is InChI=1S/C37H49N3O9/c1-35(2)17-24-23(8-9-27-36(3,48-27)12-10-25(24)35)16-21-4-6-22(7-5-21)19-40-31-33(43)47-26-18-37(31,32(49-40)30-29(26)45-20-46-30)34(44)39-13-11-28(42)38-14-15-41/h4-7,16,24-27,29-32,41H,8-15,17-20H2,1-3H3,(H,38,42)(H,39,44)/t24-,25-,26-,27?,29+,30+,31+,32-,36-,37+/m1/s1. The van der Waals surface area contributed by atoms with Gasteiger partial charge in [-0.2, -0.15) is 5.06 Å². The van der Waals surface area contributed by atoms with Crippen molar-refractivity contribution in [1.82, 2.24) is 15.7 Å². The van der Waals surface area contributed by atoms with E-state index in [4.69, 9.17) is 28.9 Å². The van der Waals surface area contributed by atoms with Gasteiger partial charge in [0.25, 0.3) is 0 Å². The summed E-state index contributed by atoms with van der Waals surface area (Å²) in [4.78, 5) is 46.3. The Kier molecular flexibility index (Phi) is 8.43. The molecule has 12 heteroatoms. The first-order valence-electron chi connectivity index (χ1n) is 18.0. The molecule has 3 aliphatic carbocycles. The number of nitrogens with one attached hydrogen (secondary N) is 2. The lowest BCUT2D eigenvalue weighted by Gasteiger charge is -2.53. The molecule has 2 bridgehead atoms. The Bertz CT molecular complexity index is 1510. The van der Waals surface area contributed by atoms with Crippen molar-refractivity contribution in [3.8, 4) is 0 Å². The molecule has 4 heterocycles. The smallest absolute Gasteiger partial charge is 0.327 e. The molecule has 49 heavy (non-hydrogen) atoms. The molecule has 3 N–H and O–H groups in total. The Labute approximate surface area is 287 Å². The molecule has 2 amide bonds. The number of ether oxygens (including phenoxy) is 4. The van der Waals surface area contributed by atoms with Gasteiger partial charge in [0.15, 0.2) is 6.04 Å². The molecule has 8 rings (SSSR count). The van der Waals surface area contributed by atoms with Gasteiger partial charge in [-0.05, 0) is 67.4 Å². The Morgan fingerprint density at radius 1 is 1.04 bits per heavy atom. The van der Waals surface area contributed by atoms with Crippen molar-refractivity contribution in [2.45, 2.75) is 114 Å². The molecule has 1 aromatic carbocycles. The molecule has 3 saturated carbocycles. The van der Waals surface area contributed by atoms with Gasteiger partial charge in [0, 0.05) is 25.9 Å². The van der Waals surface area contributed by atoms with E-state index in [0.29, 0.717) is 23.4 Å². The summed E-state index contributed by atoms with van der Waals surface area (Å²) in [5.41, 5.74) is 2.75. The minimum Gasteiger partial charge on any atom is -0.458 e. The molecule has 266 valence electrons. The number of amides is 2. The van der Waals surface area contributed by atoms with E-state index in [1.54, 1.807) is 5.06 Å². The fourth-order valence-corrected chi connectivity index (χ4v) is 9.89. The van der Waals surface area contributed by atoms with E-state index in [0.717, 1.165) is 30.4 Å². The minimum absolute atomic E-state index is 0.0275. The lowest BCUT2D eigenvalue weighted by atomic mass is 9.52. The zero-order valence-electron chi connectivity index (χ0n) is 28.7. The van der Waals surface area contributed by atoms with Gasteiger partial charge in [-0.15, -0.1) is 0 Å². The zero-order chi connectivity index (χ0) is 34.1. The van der Waals surface area contributed by atoms with E-state index < -0.39 is 41.8 Å². The number of nitrogens with zero attached hydrogens (tertiary/aromatic N) is 1. The number of esters is 1. The van der Waals surface area contributed by atoms with Gasteiger partial charge < -0.3 is 34.7 Å². The number of hydrogen-bond donors (Lipinski definition) is 3. The van der Waals surface area contributed by atoms with E-state index in [1.807, 2.05) is 0 Å². The first-order valence-corrected chi connectivity index (χ1v) is 18.0. The molecular formula is C37H49N3O9. The maximum atomic E-state index is 14.0. The number of fused-ring (bicyclic) bond motifs is 6. The quantitative estimate of drug-likeness (QED) is 0.263. The maximum absolute atomic E-state index is 14.0. The number of allylic oxidation sites excluding steroid dienone is 1. The van der Waals surface area contributed by atoms with Crippen LogP contribution in [0.2, 0.25) is 0 Å². The van der Waals surface area contributed by atoms with Gasteiger partial charge in [-0.1, -0.05) is 49.8 Å². The average molecular weight is 680 g/mol. The summed E-state index contributed by atoms with van der Waals surface area (Å²) in [6.07, 6.45) is 6.20. The van der Waals surface area contributed by atoms with Crippen molar-refractivity contribution in [3.63, 3.8) is 0 Å². The van der Waals surface area contributed by atoms with Crippen LogP contribution in [0.3, 0.4) is 0 Å². The van der Waals surface area contributed by atoms with E-state index in [-0.39, 0.29) is 63.3 Å². The lowest BCUT2D eigenvalue weighted by molar-refractivity contribution is -0.201. The summed E-state index contributed by atoms with van der Waals surface area (Å²) < 4.78 is 23.7. The lowest BCUT2D eigenvalue weighted by Crippen LogP contribution is -2.69. The third kappa shape index (κ3) is 5.72. The highest BCUT2D eigenvalue weighted by atomic mass is 16.8. The van der Waals surface area contributed by atoms with Gasteiger partial charge in [0.05, 0.1) is 24.9 Å². The Morgan fingerprint density at radius 2 is 1.84 bits per heavy atom. The predicted molar refractivity (Wildman–Crippen MR) is 175 cm³/mol. The summed E-state index contributed by atoms with van der Waals surface area (Å²) in [6.45, 7) is 7.44. The highest BCUT2D eigenvalue weighted by Gasteiger charge is 2.74. The molecular weight excluding hydrogens is 630 g/mol. The number of aliphatic hydroxyl groups excluding tert-OH is 1. The number of carbonyl (C=O) groups excluding carboxylic acids is 3. The highest BCUT2D eigenvalue weighted by molar-refractivity contribution is 5.93. The van der Waals surface area contributed by atoms with E-state index in [1.165, 1.54) is 18.4 Å². The SMILES string of the molecule is CC1(C)C[C@@H]2C(=Cc3ccc(CN4O[C@@H]5[C@H]6OCO[C@H]6[C@H]6C[C@]5(C(=O)NCCC(=O)NCCO)[C@@H]4C(=O)O6)cc3)CCC3O[C@]3(C)CC[C@H]21. The summed E-state index contributed by atoms with van der Waals surface area (Å²) in [7, 11) is 0. The van der Waals surface area contributed by atoms with Crippen molar-refractivity contribution in [1.29, 1.82) is 0 Å². The van der Waals surface area contributed by atoms with Crippen LogP contribution in [0.4, 0.5) is 0 Å². The van der Waals surface area contributed by atoms with Gasteiger partial charge in [-0.25, -0.2) is 0 Å². The monoisotopic (exact) mass is 679 g/mol. The van der Waals surface area contributed by atoms with Crippen LogP contribution in [-0.2, 0) is 44.7 Å².